The second-order valence-corrected chi connectivity index (χ2v) is 8.14. The van der Waals surface area contributed by atoms with Gasteiger partial charge in [-0.05, 0) is 43.6 Å². The molecule has 2 saturated heterocycles. The molecule has 26 heavy (non-hydrogen) atoms. The number of nitrogens with zero attached hydrogens (tertiary/aromatic N) is 2. The molecule has 2 heterocycles. The van der Waals surface area contributed by atoms with Crippen LogP contribution >= 0.6 is 0 Å². The second-order valence-electron chi connectivity index (χ2n) is 7.13. The van der Waals surface area contributed by atoms with Gasteiger partial charge in [-0.1, -0.05) is 35.5 Å². The van der Waals surface area contributed by atoms with Crippen molar-refractivity contribution in [2.24, 2.45) is 17.0 Å². The van der Waals surface area contributed by atoms with Crippen LogP contribution in [0, 0.1) is 11.8 Å². The van der Waals surface area contributed by atoms with E-state index in [9.17, 15) is 13.2 Å². The number of carbonyl (C=O) groups excluding carboxylic acids is 1. The van der Waals surface area contributed by atoms with E-state index in [4.69, 9.17) is 4.55 Å². The van der Waals surface area contributed by atoms with Gasteiger partial charge in [0, 0.05) is 31.1 Å². The van der Waals surface area contributed by atoms with E-state index < -0.39 is 10.4 Å². The number of piperidine rings is 2. The third kappa shape index (κ3) is 5.28. The maximum atomic E-state index is 12.8. The van der Waals surface area contributed by atoms with E-state index >= 15 is 0 Å². The van der Waals surface area contributed by atoms with Gasteiger partial charge in [-0.25, -0.2) is 4.28 Å². The van der Waals surface area contributed by atoms with Gasteiger partial charge in [0.25, 0.3) is 0 Å². The van der Waals surface area contributed by atoms with Crippen LogP contribution in [0.1, 0.15) is 37.7 Å². The summed E-state index contributed by atoms with van der Waals surface area (Å²) in [6.07, 6.45) is 6.60. The second kappa shape index (κ2) is 8.18. The normalized spacial score (nSPS) is 24.0. The van der Waals surface area contributed by atoms with E-state index in [0.717, 1.165) is 24.9 Å². The monoisotopic (exact) mass is 380 g/mol. The van der Waals surface area contributed by atoms with Gasteiger partial charge in [-0.3, -0.25) is 9.35 Å². The van der Waals surface area contributed by atoms with Crippen LogP contribution in [-0.2, 0) is 25.9 Å². The van der Waals surface area contributed by atoms with Gasteiger partial charge in [0.2, 0.25) is 5.91 Å². The Bertz CT molecular complexity index is 742. The maximum Gasteiger partial charge on any atom is 0.466 e. The molecule has 1 atom stereocenters. The molecule has 2 aliphatic heterocycles. The highest BCUT2D eigenvalue weighted by Gasteiger charge is 2.36. The molecular formula is C18H24N2O5S. The van der Waals surface area contributed by atoms with E-state index in [1.165, 1.54) is 19.1 Å². The SMILES string of the molecule is O=C(C[C@@H](C=NOS(=O)(=O)O)Cc1ccccc1)N1CC2CCC1CC2. The molecule has 0 spiro atoms. The number of hydrogen-bond donors (Lipinski definition) is 1. The van der Waals surface area contributed by atoms with Crippen molar-refractivity contribution in [1.29, 1.82) is 0 Å². The zero-order valence-electron chi connectivity index (χ0n) is 14.5. The number of fused-ring (bicyclic) bond motifs is 3. The third-order valence-electron chi connectivity index (χ3n) is 5.22. The first kappa shape index (κ1) is 18.8. The fraction of sp³-hybridized carbons (Fsp3) is 0.556. The Morgan fingerprint density at radius 2 is 1.96 bits per heavy atom. The smallest absolute Gasteiger partial charge is 0.339 e. The van der Waals surface area contributed by atoms with Gasteiger partial charge >= 0.3 is 10.4 Å². The Balaban J connectivity index is 1.67. The molecule has 1 aliphatic carbocycles. The molecule has 2 bridgehead atoms. The summed E-state index contributed by atoms with van der Waals surface area (Å²) in [5.74, 6) is 0.360. The van der Waals surface area contributed by atoms with Crippen LogP contribution in [-0.4, -0.2) is 42.6 Å². The Morgan fingerprint density at radius 1 is 1.27 bits per heavy atom. The van der Waals surface area contributed by atoms with Crippen molar-refractivity contribution in [2.45, 2.75) is 44.6 Å². The van der Waals surface area contributed by atoms with Gasteiger partial charge in [0.15, 0.2) is 0 Å². The van der Waals surface area contributed by atoms with Gasteiger partial charge in [-0.15, -0.1) is 0 Å². The first-order valence-corrected chi connectivity index (χ1v) is 10.3. The van der Waals surface area contributed by atoms with Crippen LogP contribution in [0.15, 0.2) is 35.5 Å². The van der Waals surface area contributed by atoms with Gasteiger partial charge in [0.1, 0.15) is 0 Å². The largest absolute Gasteiger partial charge is 0.466 e. The molecule has 1 aromatic rings. The zero-order valence-corrected chi connectivity index (χ0v) is 15.3. The summed E-state index contributed by atoms with van der Waals surface area (Å²) >= 11 is 0. The lowest BCUT2D eigenvalue weighted by Crippen LogP contribution is -2.51. The van der Waals surface area contributed by atoms with E-state index in [1.807, 2.05) is 35.2 Å². The minimum absolute atomic E-state index is 0.0682. The van der Waals surface area contributed by atoms with Gasteiger partial charge < -0.3 is 4.90 Å². The summed E-state index contributed by atoms with van der Waals surface area (Å²) in [4.78, 5) is 14.8. The molecule has 1 aromatic carbocycles. The Morgan fingerprint density at radius 3 is 2.54 bits per heavy atom. The molecule has 3 fully saturated rings. The van der Waals surface area contributed by atoms with Crippen molar-refractivity contribution in [3.8, 4) is 0 Å². The molecule has 4 rings (SSSR count). The fourth-order valence-corrected chi connectivity index (χ4v) is 4.13. The quantitative estimate of drug-likeness (QED) is 0.445. The van der Waals surface area contributed by atoms with Crippen LogP contribution < -0.4 is 0 Å². The lowest BCUT2D eigenvalue weighted by atomic mass is 9.79. The Kier molecular flexibility index (Phi) is 5.93. The summed E-state index contributed by atoms with van der Waals surface area (Å²) in [5.41, 5.74) is 1.02. The predicted molar refractivity (Wildman–Crippen MR) is 96.8 cm³/mol. The first-order valence-electron chi connectivity index (χ1n) is 8.93. The van der Waals surface area contributed by atoms with Crippen molar-refractivity contribution in [1.82, 2.24) is 4.90 Å². The number of carbonyl (C=O) groups is 1. The number of amides is 1. The summed E-state index contributed by atoms with van der Waals surface area (Å²) < 4.78 is 34.0. The van der Waals surface area contributed by atoms with Crippen molar-refractivity contribution in [3.63, 3.8) is 0 Å². The van der Waals surface area contributed by atoms with Gasteiger partial charge in [-0.2, -0.15) is 8.42 Å². The zero-order chi connectivity index (χ0) is 18.6. The van der Waals surface area contributed by atoms with Gasteiger partial charge in [0.05, 0.1) is 0 Å². The number of oxime groups is 1. The van der Waals surface area contributed by atoms with Crippen molar-refractivity contribution < 1.29 is 22.0 Å². The molecule has 0 aromatic heterocycles. The van der Waals surface area contributed by atoms with Crippen molar-refractivity contribution >= 4 is 22.5 Å². The lowest BCUT2D eigenvalue weighted by molar-refractivity contribution is -0.139. The minimum Gasteiger partial charge on any atom is -0.339 e. The van der Waals surface area contributed by atoms with Crippen LogP contribution in [0.3, 0.4) is 0 Å². The standard InChI is InChI=1S/C18H24N2O5S/c21-18(20-13-15-6-8-17(20)9-7-15)11-16(12-19-25-26(22,23)24)10-14-4-2-1-3-5-14/h1-5,12,15-17H,6-11,13H2,(H,22,23,24)/t15?,16-,17?/m0/s1. The van der Waals surface area contributed by atoms with E-state index in [-0.39, 0.29) is 18.2 Å². The molecule has 1 saturated carbocycles. The van der Waals surface area contributed by atoms with E-state index in [2.05, 4.69) is 9.44 Å². The number of benzene rings is 1. The lowest BCUT2D eigenvalue weighted by Gasteiger charge is -2.45. The average molecular weight is 380 g/mol. The highest BCUT2D eigenvalue weighted by atomic mass is 32.3. The molecule has 0 unspecified atom stereocenters. The van der Waals surface area contributed by atoms with E-state index in [1.54, 1.807) is 0 Å². The molecular weight excluding hydrogens is 356 g/mol. The minimum atomic E-state index is -4.64. The average Bonchev–Trinajstić information content (AvgIpc) is 2.62. The van der Waals surface area contributed by atoms with Crippen LogP contribution in [0.2, 0.25) is 0 Å². The molecule has 8 heteroatoms. The molecule has 142 valence electrons. The molecule has 1 N–H and O–H groups in total. The summed E-state index contributed by atoms with van der Waals surface area (Å²) in [7, 11) is -4.64. The molecule has 3 aliphatic rings. The number of rotatable bonds is 7. The van der Waals surface area contributed by atoms with Crippen molar-refractivity contribution in [2.75, 3.05) is 6.54 Å². The molecule has 0 radical (unpaired) electrons. The highest BCUT2D eigenvalue weighted by molar-refractivity contribution is 7.80. The van der Waals surface area contributed by atoms with E-state index in [0.29, 0.717) is 18.4 Å². The summed E-state index contributed by atoms with van der Waals surface area (Å²) in [6.45, 7) is 0.820. The Labute approximate surface area is 154 Å². The molecule has 1 amide bonds. The first-order chi connectivity index (χ1) is 12.4. The number of hydrogen-bond acceptors (Lipinski definition) is 5. The highest BCUT2D eigenvalue weighted by Crippen LogP contribution is 2.35. The maximum absolute atomic E-state index is 12.8. The van der Waals surface area contributed by atoms with Crippen LogP contribution in [0.5, 0.6) is 0 Å². The molecule has 7 nitrogen and oxygen atoms in total. The fourth-order valence-electron chi connectivity index (χ4n) is 3.97. The van der Waals surface area contributed by atoms with Crippen LogP contribution in [0.25, 0.3) is 0 Å². The Hall–Kier alpha value is -1.93. The predicted octanol–water partition coefficient (Wildman–Crippen LogP) is 2.44. The van der Waals surface area contributed by atoms with Crippen LogP contribution in [0.4, 0.5) is 0 Å². The summed E-state index contributed by atoms with van der Waals surface area (Å²) in [5, 5.41) is 3.35. The third-order valence-corrected chi connectivity index (χ3v) is 5.49. The summed E-state index contributed by atoms with van der Waals surface area (Å²) in [6, 6.07) is 9.93. The van der Waals surface area contributed by atoms with Crippen molar-refractivity contribution in [3.05, 3.63) is 35.9 Å². The topological polar surface area (TPSA) is 96.3 Å².